The van der Waals surface area contributed by atoms with Gasteiger partial charge in [-0.2, -0.15) is 10.2 Å². The molecular formula is C28H36FN5. The number of hydrogen-bond acceptors (Lipinski definition) is 3. The van der Waals surface area contributed by atoms with E-state index in [1.54, 1.807) is 10.7 Å². The van der Waals surface area contributed by atoms with Crippen LogP contribution in [0, 0.1) is 18.2 Å². The standard InChI is InChI=1S/C28H36FN5/c1-7-18(2)12-25-23(27(33-32-25)22-15-31-34(6)16-22)13-19(3)26-20(4)21(8-9-24(26)29)14-30-17-28(5)10-11-28/h8-9,12-13,15-16,30H,7,10-11,14,17H2,1-6H3,(H,32,33)/b18-12+,19-13+. The summed E-state index contributed by atoms with van der Waals surface area (Å²) >= 11 is 0. The molecule has 1 aliphatic carbocycles. The van der Waals surface area contributed by atoms with Crippen molar-refractivity contribution in [2.75, 3.05) is 6.54 Å². The van der Waals surface area contributed by atoms with Crippen molar-refractivity contribution in [3.8, 4) is 11.3 Å². The summed E-state index contributed by atoms with van der Waals surface area (Å²) in [6, 6.07) is 3.50. The third kappa shape index (κ3) is 5.22. The Morgan fingerprint density at radius 1 is 1.26 bits per heavy atom. The van der Waals surface area contributed by atoms with Crippen LogP contribution in [-0.2, 0) is 13.6 Å². The number of rotatable bonds is 9. The number of aryl methyl sites for hydroxylation is 1. The second-order valence-electron chi connectivity index (χ2n) is 10.1. The van der Waals surface area contributed by atoms with Crippen molar-refractivity contribution in [1.82, 2.24) is 25.3 Å². The molecule has 1 aromatic carbocycles. The fourth-order valence-electron chi connectivity index (χ4n) is 4.31. The Morgan fingerprint density at radius 3 is 2.68 bits per heavy atom. The molecule has 5 nitrogen and oxygen atoms in total. The summed E-state index contributed by atoms with van der Waals surface area (Å²) in [6.45, 7) is 12.3. The lowest BCUT2D eigenvalue weighted by atomic mass is 9.94. The van der Waals surface area contributed by atoms with Crippen molar-refractivity contribution >= 4 is 17.7 Å². The third-order valence-corrected chi connectivity index (χ3v) is 7.01. The smallest absolute Gasteiger partial charge is 0.130 e. The average Bonchev–Trinajstić information content (AvgIpc) is 3.18. The van der Waals surface area contributed by atoms with Crippen LogP contribution < -0.4 is 5.32 Å². The fourth-order valence-corrected chi connectivity index (χ4v) is 4.31. The van der Waals surface area contributed by atoms with Crippen LogP contribution in [0.3, 0.4) is 0 Å². The van der Waals surface area contributed by atoms with Crippen molar-refractivity contribution in [3.63, 3.8) is 0 Å². The first kappa shape index (κ1) is 24.1. The maximum atomic E-state index is 15.1. The molecule has 34 heavy (non-hydrogen) atoms. The van der Waals surface area contributed by atoms with Gasteiger partial charge in [-0.15, -0.1) is 0 Å². The molecule has 2 N–H and O–H groups in total. The zero-order valence-electron chi connectivity index (χ0n) is 21.2. The lowest BCUT2D eigenvalue weighted by Gasteiger charge is -2.16. The van der Waals surface area contributed by atoms with Crippen LogP contribution in [0.5, 0.6) is 0 Å². The monoisotopic (exact) mass is 461 g/mol. The number of halogens is 1. The molecule has 0 saturated heterocycles. The molecule has 2 heterocycles. The first-order valence-electron chi connectivity index (χ1n) is 12.1. The zero-order valence-corrected chi connectivity index (χ0v) is 21.2. The summed E-state index contributed by atoms with van der Waals surface area (Å²) in [7, 11) is 1.89. The highest BCUT2D eigenvalue weighted by molar-refractivity contribution is 5.89. The normalized spacial score (nSPS) is 15.7. The quantitative estimate of drug-likeness (QED) is 0.381. The lowest BCUT2D eigenvalue weighted by Crippen LogP contribution is -2.22. The van der Waals surface area contributed by atoms with Crippen LogP contribution >= 0.6 is 0 Å². The topological polar surface area (TPSA) is 58.5 Å². The molecule has 0 amide bonds. The molecule has 1 saturated carbocycles. The van der Waals surface area contributed by atoms with Gasteiger partial charge in [-0.1, -0.05) is 25.5 Å². The summed E-state index contributed by atoms with van der Waals surface area (Å²) in [5.41, 5.74) is 8.95. The van der Waals surface area contributed by atoms with Gasteiger partial charge in [-0.25, -0.2) is 4.39 Å². The number of aromatic amines is 1. The molecule has 0 atom stereocenters. The Morgan fingerprint density at radius 2 is 2.03 bits per heavy atom. The minimum atomic E-state index is -0.197. The average molecular weight is 462 g/mol. The number of hydrogen-bond donors (Lipinski definition) is 2. The molecule has 0 aliphatic heterocycles. The van der Waals surface area contributed by atoms with Crippen LogP contribution in [0.25, 0.3) is 29.0 Å². The fraction of sp³-hybridized carbons (Fsp3) is 0.429. The molecule has 180 valence electrons. The molecule has 4 rings (SSSR count). The van der Waals surface area contributed by atoms with Gasteiger partial charge in [0, 0.05) is 43.0 Å². The van der Waals surface area contributed by atoms with E-state index in [0.717, 1.165) is 58.7 Å². The maximum absolute atomic E-state index is 15.1. The zero-order chi connectivity index (χ0) is 24.5. The Bertz CT molecular complexity index is 1240. The van der Waals surface area contributed by atoms with Gasteiger partial charge in [0.05, 0.1) is 11.9 Å². The molecule has 1 fully saturated rings. The van der Waals surface area contributed by atoms with E-state index in [0.29, 0.717) is 11.0 Å². The second-order valence-corrected chi connectivity index (χ2v) is 10.1. The first-order valence-corrected chi connectivity index (χ1v) is 12.1. The number of allylic oxidation sites excluding steroid dienone is 2. The van der Waals surface area contributed by atoms with Crippen molar-refractivity contribution in [1.29, 1.82) is 0 Å². The Balaban J connectivity index is 1.72. The summed E-state index contributed by atoms with van der Waals surface area (Å²) < 4.78 is 16.9. The molecule has 0 bridgehead atoms. The van der Waals surface area contributed by atoms with E-state index in [-0.39, 0.29) is 5.82 Å². The van der Waals surface area contributed by atoms with Gasteiger partial charge in [-0.3, -0.25) is 9.78 Å². The number of benzene rings is 1. The van der Waals surface area contributed by atoms with Crippen molar-refractivity contribution < 1.29 is 4.39 Å². The van der Waals surface area contributed by atoms with Crippen LogP contribution in [-0.4, -0.2) is 26.5 Å². The SMILES string of the molecule is CC/C(C)=C/c1[nH]nc(-c2cnn(C)c2)c1/C=C(\C)c1c(F)ccc(CNCC2(C)CC2)c1C. The molecule has 6 heteroatoms. The highest BCUT2D eigenvalue weighted by atomic mass is 19.1. The summed E-state index contributed by atoms with van der Waals surface area (Å²) in [5.74, 6) is -0.197. The van der Waals surface area contributed by atoms with Crippen LogP contribution in [0.1, 0.15) is 74.9 Å². The van der Waals surface area contributed by atoms with Gasteiger partial charge in [0.2, 0.25) is 0 Å². The molecule has 0 radical (unpaired) electrons. The maximum Gasteiger partial charge on any atom is 0.130 e. The predicted molar refractivity (Wildman–Crippen MR) is 138 cm³/mol. The predicted octanol–water partition coefficient (Wildman–Crippen LogP) is 6.52. The molecule has 2 aromatic heterocycles. The Labute approximate surface area is 202 Å². The van der Waals surface area contributed by atoms with Gasteiger partial charge in [-0.05, 0) is 80.4 Å². The van der Waals surface area contributed by atoms with Crippen LogP contribution in [0.4, 0.5) is 4.39 Å². The number of aromatic nitrogens is 4. The number of H-pyrrole nitrogens is 1. The highest BCUT2D eigenvalue weighted by Crippen LogP contribution is 2.44. The molecule has 1 aliphatic rings. The van der Waals surface area contributed by atoms with Gasteiger partial charge in [0.1, 0.15) is 11.5 Å². The second kappa shape index (κ2) is 9.71. The van der Waals surface area contributed by atoms with Gasteiger partial charge < -0.3 is 5.32 Å². The van der Waals surface area contributed by atoms with Crippen molar-refractivity contribution in [2.45, 2.75) is 60.4 Å². The van der Waals surface area contributed by atoms with Crippen LogP contribution in [0.2, 0.25) is 0 Å². The highest BCUT2D eigenvalue weighted by Gasteiger charge is 2.36. The van der Waals surface area contributed by atoms with E-state index < -0.39 is 0 Å². The summed E-state index contributed by atoms with van der Waals surface area (Å²) in [4.78, 5) is 0. The van der Waals surface area contributed by atoms with E-state index >= 15 is 4.39 Å². The third-order valence-electron chi connectivity index (χ3n) is 7.01. The van der Waals surface area contributed by atoms with Gasteiger partial charge in [0.25, 0.3) is 0 Å². The van der Waals surface area contributed by atoms with Crippen molar-refractivity contribution in [3.05, 3.63) is 63.9 Å². The summed E-state index contributed by atoms with van der Waals surface area (Å²) in [5, 5.41) is 15.7. The van der Waals surface area contributed by atoms with Crippen molar-refractivity contribution in [2.24, 2.45) is 12.5 Å². The largest absolute Gasteiger partial charge is 0.312 e. The van der Waals surface area contributed by atoms with E-state index in [1.807, 2.05) is 39.4 Å². The number of nitrogens with one attached hydrogen (secondary N) is 2. The van der Waals surface area contributed by atoms with Gasteiger partial charge >= 0.3 is 0 Å². The van der Waals surface area contributed by atoms with E-state index in [2.05, 4.69) is 53.5 Å². The molecule has 0 spiro atoms. The molecule has 0 unspecified atom stereocenters. The Hall–Kier alpha value is -2.99. The first-order chi connectivity index (χ1) is 16.2. The van der Waals surface area contributed by atoms with E-state index in [9.17, 15) is 0 Å². The lowest BCUT2D eigenvalue weighted by molar-refractivity contribution is 0.498. The Kier molecular flexibility index (Phi) is 6.89. The van der Waals surface area contributed by atoms with Gasteiger partial charge in [0.15, 0.2) is 0 Å². The summed E-state index contributed by atoms with van der Waals surface area (Å²) in [6.07, 6.45) is 11.4. The van der Waals surface area contributed by atoms with E-state index in [4.69, 9.17) is 0 Å². The number of nitrogens with zero attached hydrogens (tertiary/aromatic N) is 3. The molecule has 3 aromatic rings. The van der Waals surface area contributed by atoms with Crippen LogP contribution in [0.15, 0.2) is 30.1 Å². The minimum absolute atomic E-state index is 0.197. The van der Waals surface area contributed by atoms with E-state index in [1.165, 1.54) is 18.4 Å². The molecular weight excluding hydrogens is 425 g/mol. The minimum Gasteiger partial charge on any atom is -0.312 e.